The minimum absolute atomic E-state index is 0.0304. The Morgan fingerprint density at radius 1 is 1.59 bits per heavy atom. The van der Waals surface area contributed by atoms with Crippen molar-refractivity contribution in [3.8, 4) is 6.07 Å². The molecule has 2 rings (SSSR count). The number of hydrogen-bond acceptors (Lipinski definition) is 4. The summed E-state index contributed by atoms with van der Waals surface area (Å²) in [5.74, 6) is 0. The fourth-order valence-corrected chi connectivity index (χ4v) is 2.27. The second-order valence-corrected chi connectivity index (χ2v) is 4.26. The van der Waals surface area contributed by atoms with Gasteiger partial charge in [0.05, 0.1) is 16.2 Å². The van der Waals surface area contributed by atoms with E-state index in [-0.39, 0.29) is 5.69 Å². The minimum Gasteiger partial charge on any atom is -0.368 e. The molecule has 1 heterocycles. The van der Waals surface area contributed by atoms with Crippen LogP contribution in [0.15, 0.2) is 18.2 Å². The summed E-state index contributed by atoms with van der Waals surface area (Å²) in [5.41, 5.74) is 1.16. The summed E-state index contributed by atoms with van der Waals surface area (Å²) < 4.78 is 0. The highest BCUT2D eigenvalue weighted by Gasteiger charge is 2.23. The molecule has 0 bridgehead atoms. The van der Waals surface area contributed by atoms with Crippen LogP contribution in [0, 0.1) is 21.4 Å². The van der Waals surface area contributed by atoms with Gasteiger partial charge in [-0.05, 0) is 25.8 Å². The van der Waals surface area contributed by atoms with Gasteiger partial charge in [0.15, 0.2) is 0 Å². The van der Waals surface area contributed by atoms with Crippen LogP contribution in [-0.4, -0.2) is 17.5 Å². The van der Waals surface area contributed by atoms with E-state index in [0.29, 0.717) is 11.6 Å². The van der Waals surface area contributed by atoms with Gasteiger partial charge < -0.3 is 4.90 Å². The van der Waals surface area contributed by atoms with Gasteiger partial charge >= 0.3 is 0 Å². The van der Waals surface area contributed by atoms with Crippen LogP contribution in [0.25, 0.3) is 0 Å². The van der Waals surface area contributed by atoms with Crippen LogP contribution in [0.3, 0.4) is 0 Å². The largest absolute Gasteiger partial charge is 0.368 e. The van der Waals surface area contributed by atoms with E-state index in [2.05, 4.69) is 11.8 Å². The van der Waals surface area contributed by atoms with E-state index in [4.69, 9.17) is 5.26 Å². The number of rotatable bonds is 2. The van der Waals surface area contributed by atoms with Crippen molar-refractivity contribution in [2.24, 2.45) is 0 Å². The zero-order valence-electron chi connectivity index (χ0n) is 9.59. The summed E-state index contributed by atoms with van der Waals surface area (Å²) in [6.45, 7) is 3.02. The Bertz CT molecular complexity index is 493. The second kappa shape index (κ2) is 4.42. The van der Waals surface area contributed by atoms with Crippen molar-refractivity contribution < 1.29 is 4.92 Å². The van der Waals surface area contributed by atoms with Crippen molar-refractivity contribution in [1.29, 1.82) is 5.26 Å². The van der Waals surface area contributed by atoms with Crippen molar-refractivity contribution in [3.05, 3.63) is 33.9 Å². The van der Waals surface area contributed by atoms with Gasteiger partial charge in [-0.15, -0.1) is 0 Å². The number of anilines is 1. The van der Waals surface area contributed by atoms with Gasteiger partial charge in [-0.1, -0.05) is 0 Å². The van der Waals surface area contributed by atoms with Gasteiger partial charge in [-0.2, -0.15) is 5.26 Å². The Labute approximate surface area is 99.4 Å². The Kier molecular flexibility index (Phi) is 2.96. The van der Waals surface area contributed by atoms with Crippen LogP contribution in [0.4, 0.5) is 11.4 Å². The number of nitro benzene ring substituents is 1. The summed E-state index contributed by atoms with van der Waals surface area (Å²) in [4.78, 5) is 12.3. The molecule has 1 atom stereocenters. The molecule has 1 aliphatic heterocycles. The van der Waals surface area contributed by atoms with Crippen molar-refractivity contribution >= 4 is 11.4 Å². The number of non-ortho nitro benzene ring substituents is 1. The molecule has 0 radical (unpaired) electrons. The third kappa shape index (κ3) is 2.07. The van der Waals surface area contributed by atoms with Crippen LogP contribution < -0.4 is 4.90 Å². The minimum atomic E-state index is -0.474. The Morgan fingerprint density at radius 2 is 2.35 bits per heavy atom. The summed E-state index contributed by atoms with van der Waals surface area (Å²) >= 11 is 0. The zero-order chi connectivity index (χ0) is 12.4. The average molecular weight is 231 g/mol. The topological polar surface area (TPSA) is 70.2 Å². The first-order valence-electron chi connectivity index (χ1n) is 5.58. The lowest BCUT2D eigenvalue weighted by Gasteiger charge is -2.24. The predicted molar refractivity (Wildman–Crippen MR) is 63.9 cm³/mol. The molecule has 1 aromatic carbocycles. The maximum atomic E-state index is 10.6. The molecule has 88 valence electrons. The van der Waals surface area contributed by atoms with Gasteiger partial charge in [0.2, 0.25) is 0 Å². The van der Waals surface area contributed by atoms with Gasteiger partial charge in [-0.25, -0.2) is 0 Å². The molecular weight excluding hydrogens is 218 g/mol. The molecule has 0 amide bonds. The maximum Gasteiger partial charge on any atom is 0.270 e. The molecule has 1 unspecified atom stereocenters. The van der Waals surface area contributed by atoms with Crippen molar-refractivity contribution in [2.75, 3.05) is 11.4 Å². The van der Waals surface area contributed by atoms with Crippen LogP contribution >= 0.6 is 0 Å². The molecule has 0 saturated carbocycles. The molecule has 1 fully saturated rings. The lowest BCUT2D eigenvalue weighted by molar-refractivity contribution is -0.384. The summed E-state index contributed by atoms with van der Waals surface area (Å²) in [7, 11) is 0. The summed E-state index contributed by atoms with van der Waals surface area (Å²) in [6, 6.07) is 6.92. The van der Waals surface area contributed by atoms with E-state index >= 15 is 0 Å². The van der Waals surface area contributed by atoms with Crippen LogP contribution in [0.2, 0.25) is 0 Å². The van der Waals surface area contributed by atoms with Crippen molar-refractivity contribution in [2.45, 2.75) is 25.8 Å². The third-order valence-electron chi connectivity index (χ3n) is 3.17. The van der Waals surface area contributed by atoms with Gasteiger partial charge in [-0.3, -0.25) is 10.1 Å². The van der Waals surface area contributed by atoms with E-state index in [9.17, 15) is 10.1 Å². The smallest absolute Gasteiger partial charge is 0.270 e. The van der Waals surface area contributed by atoms with Gasteiger partial charge in [0.25, 0.3) is 5.69 Å². The third-order valence-corrected chi connectivity index (χ3v) is 3.17. The lowest BCUT2D eigenvalue weighted by atomic mass is 10.1. The highest BCUT2D eigenvalue weighted by Crippen LogP contribution is 2.30. The van der Waals surface area contributed by atoms with E-state index in [1.165, 1.54) is 12.1 Å². The first kappa shape index (κ1) is 11.4. The monoisotopic (exact) mass is 231 g/mol. The quantitative estimate of drug-likeness (QED) is 0.579. The number of nitro groups is 1. The normalized spacial score (nSPS) is 19.1. The molecule has 0 aromatic heterocycles. The fraction of sp³-hybridized carbons (Fsp3) is 0.417. The number of nitrogens with zero attached hydrogens (tertiary/aromatic N) is 3. The van der Waals surface area contributed by atoms with Crippen LogP contribution in [0.5, 0.6) is 0 Å². The molecule has 17 heavy (non-hydrogen) atoms. The zero-order valence-corrected chi connectivity index (χ0v) is 9.59. The second-order valence-electron chi connectivity index (χ2n) is 4.26. The molecule has 1 aromatic rings. The number of benzene rings is 1. The Balaban J connectivity index is 2.41. The Morgan fingerprint density at radius 3 is 2.88 bits per heavy atom. The van der Waals surface area contributed by atoms with Crippen LogP contribution in [0.1, 0.15) is 25.3 Å². The SMILES string of the molecule is CC1CCCN1c1ccc([N+](=O)[O-])cc1C#N. The molecule has 5 heteroatoms. The number of hydrogen-bond donors (Lipinski definition) is 0. The van der Waals surface area contributed by atoms with Gasteiger partial charge in [0, 0.05) is 24.7 Å². The molecule has 0 spiro atoms. The fourth-order valence-electron chi connectivity index (χ4n) is 2.27. The van der Waals surface area contributed by atoms with Crippen molar-refractivity contribution in [3.63, 3.8) is 0 Å². The molecular formula is C12H13N3O2. The first-order valence-corrected chi connectivity index (χ1v) is 5.58. The summed E-state index contributed by atoms with van der Waals surface area (Å²) in [5, 5.41) is 19.7. The highest BCUT2D eigenvalue weighted by molar-refractivity contribution is 5.63. The standard InChI is InChI=1S/C12H13N3O2/c1-9-3-2-6-14(9)12-5-4-11(15(16)17)7-10(12)8-13/h4-5,7,9H,2-3,6H2,1H3. The van der Waals surface area contributed by atoms with Crippen LogP contribution in [-0.2, 0) is 0 Å². The number of nitriles is 1. The first-order chi connectivity index (χ1) is 8.13. The molecule has 0 aliphatic carbocycles. The molecule has 5 nitrogen and oxygen atoms in total. The summed E-state index contributed by atoms with van der Waals surface area (Å²) in [6.07, 6.45) is 2.20. The maximum absolute atomic E-state index is 10.6. The van der Waals surface area contributed by atoms with E-state index in [1.54, 1.807) is 6.07 Å². The average Bonchev–Trinajstić information content (AvgIpc) is 2.74. The molecule has 0 N–H and O–H groups in total. The lowest BCUT2D eigenvalue weighted by Crippen LogP contribution is -2.26. The molecule has 1 aliphatic rings. The molecule has 1 saturated heterocycles. The Hall–Kier alpha value is -2.09. The highest BCUT2D eigenvalue weighted by atomic mass is 16.6. The predicted octanol–water partition coefficient (Wildman–Crippen LogP) is 2.46. The van der Waals surface area contributed by atoms with E-state index < -0.39 is 4.92 Å². The van der Waals surface area contributed by atoms with Gasteiger partial charge in [0.1, 0.15) is 6.07 Å². The van der Waals surface area contributed by atoms with E-state index in [1.807, 2.05) is 6.07 Å². The van der Waals surface area contributed by atoms with E-state index in [0.717, 1.165) is 25.1 Å². The van der Waals surface area contributed by atoms with Crippen molar-refractivity contribution in [1.82, 2.24) is 0 Å².